The topological polar surface area (TPSA) is 30.7 Å². The standard InChI is InChI=1S/C7H10BrN3/c1-4-3-5(4)6-9-7(8)10-11(6)2/h4-5H,3H2,1-2H3. The Morgan fingerprint density at radius 1 is 1.64 bits per heavy atom. The second kappa shape index (κ2) is 2.30. The van der Waals surface area contributed by atoms with Gasteiger partial charge in [0.25, 0.3) is 0 Å². The summed E-state index contributed by atoms with van der Waals surface area (Å²) in [5.41, 5.74) is 0. The third kappa shape index (κ3) is 1.20. The van der Waals surface area contributed by atoms with Crippen molar-refractivity contribution >= 4 is 15.9 Å². The predicted molar refractivity (Wildman–Crippen MR) is 45.2 cm³/mol. The molecule has 4 heteroatoms. The van der Waals surface area contributed by atoms with E-state index in [1.807, 2.05) is 11.7 Å². The second-order valence-corrected chi connectivity index (χ2v) is 3.89. The van der Waals surface area contributed by atoms with Gasteiger partial charge in [0.2, 0.25) is 4.73 Å². The Bertz CT molecular complexity index is 281. The lowest BCUT2D eigenvalue weighted by Gasteiger charge is -1.94. The van der Waals surface area contributed by atoms with Gasteiger partial charge in [0, 0.05) is 13.0 Å². The highest BCUT2D eigenvalue weighted by atomic mass is 79.9. The van der Waals surface area contributed by atoms with Crippen LogP contribution in [0, 0.1) is 5.92 Å². The lowest BCUT2D eigenvalue weighted by molar-refractivity contribution is 0.687. The molecule has 0 N–H and O–H groups in total. The molecule has 0 bridgehead atoms. The number of aromatic nitrogens is 3. The fraction of sp³-hybridized carbons (Fsp3) is 0.714. The first-order chi connectivity index (χ1) is 5.18. The smallest absolute Gasteiger partial charge is 0.217 e. The molecule has 1 heterocycles. The molecule has 3 nitrogen and oxygen atoms in total. The lowest BCUT2D eigenvalue weighted by Crippen LogP contribution is -1.97. The third-order valence-corrected chi connectivity index (χ3v) is 2.55. The fourth-order valence-electron chi connectivity index (χ4n) is 1.37. The van der Waals surface area contributed by atoms with Crippen LogP contribution >= 0.6 is 15.9 Å². The van der Waals surface area contributed by atoms with Crippen molar-refractivity contribution in [2.24, 2.45) is 13.0 Å². The van der Waals surface area contributed by atoms with E-state index in [2.05, 4.69) is 32.9 Å². The molecule has 0 aromatic carbocycles. The summed E-state index contributed by atoms with van der Waals surface area (Å²) in [4.78, 5) is 4.29. The average molecular weight is 216 g/mol. The number of halogens is 1. The highest BCUT2D eigenvalue weighted by Gasteiger charge is 2.37. The summed E-state index contributed by atoms with van der Waals surface area (Å²) < 4.78 is 2.56. The zero-order valence-electron chi connectivity index (χ0n) is 6.58. The highest BCUT2D eigenvalue weighted by molar-refractivity contribution is 9.10. The van der Waals surface area contributed by atoms with Crippen LogP contribution in [-0.4, -0.2) is 14.8 Å². The van der Waals surface area contributed by atoms with Crippen LogP contribution in [0.3, 0.4) is 0 Å². The van der Waals surface area contributed by atoms with Gasteiger partial charge < -0.3 is 0 Å². The van der Waals surface area contributed by atoms with Crippen LogP contribution in [0.2, 0.25) is 0 Å². The van der Waals surface area contributed by atoms with Gasteiger partial charge in [0.05, 0.1) is 0 Å². The molecule has 1 aliphatic rings. The van der Waals surface area contributed by atoms with Crippen LogP contribution < -0.4 is 0 Å². The summed E-state index contributed by atoms with van der Waals surface area (Å²) in [5, 5.41) is 4.13. The predicted octanol–water partition coefficient (Wildman–Crippen LogP) is 1.70. The molecular weight excluding hydrogens is 206 g/mol. The summed E-state index contributed by atoms with van der Waals surface area (Å²) in [6.07, 6.45) is 1.26. The summed E-state index contributed by atoms with van der Waals surface area (Å²) in [6, 6.07) is 0. The van der Waals surface area contributed by atoms with Gasteiger partial charge in [0.1, 0.15) is 5.82 Å². The largest absolute Gasteiger partial charge is 0.252 e. The Labute approximate surface area is 73.9 Å². The molecule has 0 amide bonds. The fourth-order valence-corrected chi connectivity index (χ4v) is 1.79. The van der Waals surface area contributed by atoms with Crippen LogP contribution in [0.1, 0.15) is 25.1 Å². The number of hydrogen-bond donors (Lipinski definition) is 0. The number of aryl methyl sites for hydroxylation is 1. The van der Waals surface area contributed by atoms with Gasteiger partial charge in [0.15, 0.2) is 0 Å². The van der Waals surface area contributed by atoms with E-state index in [4.69, 9.17) is 0 Å². The second-order valence-electron chi connectivity index (χ2n) is 3.18. The van der Waals surface area contributed by atoms with Crippen molar-refractivity contribution in [1.82, 2.24) is 14.8 Å². The van der Waals surface area contributed by atoms with E-state index < -0.39 is 0 Å². The minimum Gasteiger partial charge on any atom is -0.252 e. The van der Waals surface area contributed by atoms with E-state index in [1.165, 1.54) is 6.42 Å². The molecule has 2 unspecified atom stereocenters. The Morgan fingerprint density at radius 3 is 2.64 bits per heavy atom. The molecule has 2 atom stereocenters. The lowest BCUT2D eigenvalue weighted by atomic mass is 10.3. The van der Waals surface area contributed by atoms with E-state index in [9.17, 15) is 0 Å². The summed E-state index contributed by atoms with van der Waals surface area (Å²) in [7, 11) is 1.94. The molecular formula is C7H10BrN3. The Morgan fingerprint density at radius 2 is 2.27 bits per heavy atom. The van der Waals surface area contributed by atoms with Crippen molar-refractivity contribution in [1.29, 1.82) is 0 Å². The number of hydrogen-bond acceptors (Lipinski definition) is 2. The van der Waals surface area contributed by atoms with Gasteiger partial charge in [-0.15, -0.1) is 5.10 Å². The first-order valence-electron chi connectivity index (χ1n) is 3.75. The van der Waals surface area contributed by atoms with Crippen molar-refractivity contribution < 1.29 is 0 Å². The first kappa shape index (κ1) is 7.28. The van der Waals surface area contributed by atoms with E-state index in [0.29, 0.717) is 10.7 Å². The quantitative estimate of drug-likeness (QED) is 0.715. The van der Waals surface area contributed by atoms with Crippen LogP contribution in [0.5, 0.6) is 0 Å². The first-order valence-corrected chi connectivity index (χ1v) is 4.54. The maximum atomic E-state index is 4.29. The van der Waals surface area contributed by atoms with Gasteiger partial charge in [-0.25, -0.2) is 4.98 Å². The zero-order chi connectivity index (χ0) is 8.01. The SMILES string of the molecule is CC1CC1c1nc(Br)nn1C. The van der Waals surface area contributed by atoms with Gasteiger partial charge in [-0.1, -0.05) is 6.92 Å². The Kier molecular flexibility index (Phi) is 1.52. The monoisotopic (exact) mass is 215 g/mol. The normalized spacial score (nSPS) is 29.0. The van der Waals surface area contributed by atoms with Crippen LogP contribution in [-0.2, 0) is 7.05 Å². The van der Waals surface area contributed by atoms with Crippen molar-refractivity contribution in [2.75, 3.05) is 0 Å². The minimum absolute atomic E-state index is 0.652. The van der Waals surface area contributed by atoms with Gasteiger partial charge in [-0.3, -0.25) is 4.68 Å². The minimum atomic E-state index is 0.652. The Hall–Kier alpha value is -0.380. The van der Waals surface area contributed by atoms with Gasteiger partial charge in [-0.2, -0.15) is 0 Å². The zero-order valence-corrected chi connectivity index (χ0v) is 8.17. The molecule has 1 aliphatic carbocycles. The molecule has 60 valence electrons. The molecule has 0 spiro atoms. The maximum absolute atomic E-state index is 4.29. The van der Waals surface area contributed by atoms with E-state index in [-0.39, 0.29) is 0 Å². The molecule has 2 rings (SSSR count). The van der Waals surface area contributed by atoms with Crippen LogP contribution in [0.4, 0.5) is 0 Å². The Balaban J connectivity index is 2.30. The number of nitrogens with zero attached hydrogens (tertiary/aromatic N) is 3. The summed E-state index contributed by atoms with van der Waals surface area (Å²) in [6.45, 7) is 2.24. The molecule has 11 heavy (non-hydrogen) atoms. The van der Waals surface area contributed by atoms with Crippen molar-refractivity contribution in [3.63, 3.8) is 0 Å². The molecule has 0 radical (unpaired) electrons. The third-order valence-electron chi connectivity index (χ3n) is 2.21. The number of rotatable bonds is 1. The molecule has 1 fully saturated rings. The average Bonchev–Trinajstić information content (AvgIpc) is 2.52. The van der Waals surface area contributed by atoms with E-state index in [1.54, 1.807) is 0 Å². The highest BCUT2D eigenvalue weighted by Crippen LogP contribution is 2.45. The summed E-state index contributed by atoms with van der Waals surface area (Å²) in [5.74, 6) is 2.56. The maximum Gasteiger partial charge on any atom is 0.217 e. The molecule has 1 saturated carbocycles. The van der Waals surface area contributed by atoms with Crippen LogP contribution in [0.25, 0.3) is 0 Å². The van der Waals surface area contributed by atoms with Crippen molar-refractivity contribution in [3.05, 3.63) is 10.6 Å². The van der Waals surface area contributed by atoms with Crippen molar-refractivity contribution in [3.8, 4) is 0 Å². The van der Waals surface area contributed by atoms with Gasteiger partial charge >= 0.3 is 0 Å². The molecule has 0 saturated heterocycles. The van der Waals surface area contributed by atoms with Crippen molar-refractivity contribution in [2.45, 2.75) is 19.3 Å². The molecule has 0 aliphatic heterocycles. The summed E-state index contributed by atoms with van der Waals surface area (Å²) >= 11 is 3.26. The van der Waals surface area contributed by atoms with E-state index in [0.717, 1.165) is 11.7 Å². The van der Waals surface area contributed by atoms with Crippen LogP contribution in [0.15, 0.2) is 4.73 Å². The van der Waals surface area contributed by atoms with Gasteiger partial charge in [-0.05, 0) is 28.3 Å². The van der Waals surface area contributed by atoms with E-state index >= 15 is 0 Å². The molecule has 1 aromatic heterocycles. The molecule has 1 aromatic rings.